The molecule has 482 valence electrons. The first-order valence-corrected chi connectivity index (χ1v) is 35.6. The van der Waals surface area contributed by atoms with Gasteiger partial charge in [0, 0.05) is 25.7 Å². The zero-order valence-corrected chi connectivity index (χ0v) is 53.7. The lowest BCUT2D eigenvalue weighted by Gasteiger charge is -2.21. The number of carbonyl (C=O) groups is 4. The predicted molar refractivity (Wildman–Crippen MR) is 326 cm³/mol. The van der Waals surface area contributed by atoms with Gasteiger partial charge in [0.1, 0.15) is 19.3 Å². The highest BCUT2D eigenvalue weighted by Gasteiger charge is 2.30. The number of hydrogen-bond donors (Lipinski definition) is 3. The molecule has 0 saturated heterocycles. The molecule has 0 rings (SSSR count). The topological polar surface area (TPSA) is 237 Å². The Kier molecular flexibility index (Phi) is 55.9. The van der Waals surface area contributed by atoms with Crippen LogP contribution in [0.5, 0.6) is 0 Å². The van der Waals surface area contributed by atoms with Gasteiger partial charge in [-0.15, -0.1) is 0 Å². The second-order valence-corrected chi connectivity index (χ2v) is 25.0. The molecule has 0 amide bonds. The van der Waals surface area contributed by atoms with Crippen molar-refractivity contribution >= 4 is 39.5 Å². The van der Waals surface area contributed by atoms with Crippen molar-refractivity contribution in [2.24, 2.45) is 0 Å². The number of unbranched alkanes of at least 4 members (excludes halogenated alkanes) is 33. The SMILES string of the molecule is CCCCCC/C=C\C=C/CCCCCCCC(=O)O[C@H](COC(=O)CCCCCCCCCCCC)COP(=O)(O)OC[C@@H](O)COP(=O)(O)OC[C@@H](COC(=O)CCCCCCCCCC)OC(=O)CCCCCCCCCCC. The monoisotopic (exact) mass is 1210 g/mol. The number of allylic oxidation sites excluding steroid dienone is 4. The summed E-state index contributed by atoms with van der Waals surface area (Å²) in [4.78, 5) is 72.0. The molecule has 0 heterocycles. The van der Waals surface area contributed by atoms with Crippen molar-refractivity contribution in [3.05, 3.63) is 24.3 Å². The van der Waals surface area contributed by atoms with E-state index in [0.717, 1.165) is 109 Å². The molecule has 2 unspecified atom stereocenters. The molecule has 0 aromatic rings. The number of esters is 4. The van der Waals surface area contributed by atoms with Crippen molar-refractivity contribution in [2.45, 2.75) is 316 Å². The average Bonchev–Trinajstić information content (AvgIpc) is 3.45. The maximum absolute atomic E-state index is 13.0. The first-order valence-electron chi connectivity index (χ1n) is 32.6. The minimum absolute atomic E-state index is 0.0853. The van der Waals surface area contributed by atoms with Crippen molar-refractivity contribution in [3.63, 3.8) is 0 Å². The van der Waals surface area contributed by atoms with Crippen molar-refractivity contribution < 1.29 is 80.2 Å². The lowest BCUT2D eigenvalue weighted by molar-refractivity contribution is -0.161. The van der Waals surface area contributed by atoms with Crippen molar-refractivity contribution in [1.82, 2.24) is 0 Å². The van der Waals surface area contributed by atoms with Crippen molar-refractivity contribution in [2.75, 3.05) is 39.6 Å². The lowest BCUT2D eigenvalue weighted by atomic mass is 10.1. The van der Waals surface area contributed by atoms with E-state index >= 15 is 0 Å². The standard InChI is InChI=1S/C63H118O17P2/c1-5-9-13-17-21-25-27-28-29-30-31-34-38-42-46-50-63(68)80-59(54-74-61(66)48-44-40-36-33-26-22-18-14-10-6-2)56-78-82(71,72)76-52-57(64)51-75-81(69,70)77-55-58(53-73-60(65)47-43-39-35-24-20-16-12-8-4)79-62(67)49-45-41-37-32-23-19-15-11-7-3/h25,27-29,57-59,64H,5-24,26,30-56H2,1-4H3,(H,69,70)(H,71,72)/b27-25-,29-28-/t57-,58+,59+/m0/s1. The molecule has 0 radical (unpaired) electrons. The number of aliphatic hydroxyl groups is 1. The van der Waals surface area contributed by atoms with E-state index in [-0.39, 0.29) is 25.7 Å². The van der Waals surface area contributed by atoms with Crippen LogP contribution in [0.4, 0.5) is 0 Å². The van der Waals surface area contributed by atoms with Crippen LogP contribution in [0, 0.1) is 0 Å². The van der Waals surface area contributed by atoms with Crippen LogP contribution in [0.2, 0.25) is 0 Å². The molecule has 82 heavy (non-hydrogen) atoms. The van der Waals surface area contributed by atoms with Crippen molar-refractivity contribution in [3.8, 4) is 0 Å². The third-order valence-corrected chi connectivity index (χ3v) is 15.9. The van der Waals surface area contributed by atoms with Crippen molar-refractivity contribution in [1.29, 1.82) is 0 Å². The fourth-order valence-corrected chi connectivity index (χ4v) is 10.5. The Labute approximate surface area is 497 Å². The molecule has 0 bridgehead atoms. The number of phosphoric ester groups is 2. The smallest absolute Gasteiger partial charge is 0.462 e. The second-order valence-electron chi connectivity index (χ2n) is 22.1. The van der Waals surface area contributed by atoms with Crippen LogP contribution in [-0.2, 0) is 65.4 Å². The summed E-state index contributed by atoms with van der Waals surface area (Å²) in [5.41, 5.74) is 0. The largest absolute Gasteiger partial charge is 0.472 e. The zero-order chi connectivity index (χ0) is 60.5. The van der Waals surface area contributed by atoms with Crippen LogP contribution in [0.3, 0.4) is 0 Å². The first-order chi connectivity index (χ1) is 39.7. The van der Waals surface area contributed by atoms with Gasteiger partial charge in [-0.3, -0.25) is 37.3 Å². The molecule has 0 fully saturated rings. The van der Waals surface area contributed by atoms with Crippen LogP contribution >= 0.6 is 15.6 Å². The molecule has 0 spiro atoms. The van der Waals surface area contributed by atoms with Crippen LogP contribution < -0.4 is 0 Å². The number of carbonyl (C=O) groups excluding carboxylic acids is 4. The van der Waals surface area contributed by atoms with Crippen LogP contribution in [0.15, 0.2) is 24.3 Å². The summed E-state index contributed by atoms with van der Waals surface area (Å²) in [5.74, 6) is -2.17. The number of aliphatic hydroxyl groups excluding tert-OH is 1. The molecular formula is C63H118O17P2. The third kappa shape index (κ3) is 56.7. The molecule has 17 nitrogen and oxygen atoms in total. The van der Waals surface area contributed by atoms with Crippen LogP contribution in [0.1, 0.15) is 297 Å². The van der Waals surface area contributed by atoms with Gasteiger partial charge in [0.2, 0.25) is 0 Å². The fourth-order valence-electron chi connectivity index (χ4n) is 8.92. The van der Waals surface area contributed by atoms with Gasteiger partial charge in [0.05, 0.1) is 26.4 Å². The van der Waals surface area contributed by atoms with Gasteiger partial charge >= 0.3 is 39.5 Å². The van der Waals surface area contributed by atoms with Gasteiger partial charge in [-0.05, 0) is 51.4 Å². The van der Waals surface area contributed by atoms with Gasteiger partial charge in [-0.2, -0.15) is 0 Å². The molecule has 0 aromatic carbocycles. The highest BCUT2D eigenvalue weighted by Crippen LogP contribution is 2.45. The summed E-state index contributed by atoms with van der Waals surface area (Å²) in [7, 11) is -9.89. The molecule has 0 saturated carbocycles. The van der Waals surface area contributed by atoms with Gasteiger partial charge in [0.15, 0.2) is 12.2 Å². The van der Waals surface area contributed by atoms with Gasteiger partial charge in [-0.25, -0.2) is 9.13 Å². The van der Waals surface area contributed by atoms with E-state index in [1.165, 1.54) is 109 Å². The lowest BCUT2D eigenvalue weighted by Crippen LogP contribution is -2.30. The molecule has 5 atom stereocenters. The number of hydrogen-bond acceptors (Lipinski definition) is 15. The summed E-state index contributed by atoms with van der Waals surface area (Å²) < 4.78 is 67.8. The average molecular weight is 1210 g/mol. The van der Waals surface area contributed by atoms with E-state index in [2.05, 4.69) is 52.0 Å². The van der Waals surface area contributed by atoms with Crippen LogP contribution in [0.25, 0.3) is 0 Å². The normalized spacial score (nSPS) is 14.4. The molecule has 0 aliphatic carbocycles. The molecule has 0 aromatic heterocycles. The maximum atomic E-state index is 13.0. The summed E-state index contributed by atoms with van der Waals surface area (Å²) >= 11 is 0. The Bertz CT molecular complexity index is 1680. The fraction of sp³-hybridized carbons (Fsp3) is 0.873. The van der Waals surface area contributed by atoms with Gasteiger partial charge in [0.25, 0.3) is 0 Å². The minimum Gasteiger partial charge on any atom is -0.462 e. The molecule has 0 aliphatic heterocycles. The second kappa shape index (κ2) is 57.6. The van der Waals surface area contributed by atoms with E-state index < -0.39 is 97.5 Å². The Hall–Kier alpha value is -2.46. The van der Waals surface area contributed by atoms with Gasteiger partial charge in [-0.1, -0.05) is 245 Å². The number of phosphoric acid groups is 2. The van der Waals surface area contributed by atoms with E-state index in [1.807, 2.05) is 0 Å². The van der Waals surface area contributed by atoms with E-state index in [9.17, 15) is 43.2 Å². The minimum atomic E-state index is -4.95. The quantitative estimate of drug-likeness (QED) is 0.0169. The molecule has 19 heteroatoms. The maximum Gasteiger partial charge on any atom is 0.472 e. The highest BCUT2D eigenvalue weighted by atomic mass is 31.2. The number of rotatable bonds is 62. The third-order valence-electron chi connectivity index (χ3n) is 14.0. The Morgan fingerprint density at radius 3 is 0.890 bits per heavy atom. The van der Waals surface area contributed by atoms with E-state index in [0.29, 0.717) is 25.7 Å². The Morgan fingerprint density at radius 2 is 0.585 bits per heavy atom. The molecular weight excluding hydrogens is 1090 g/mol. The zero-order valence-electron chi connectivity index (χ0n) is 51.9. The van der Waals surface area contributed by atoms with E-state index in [1.54, 1.807) is 0 Å². The summed E-state index contributed by atoms with van der Waals surface area (Å²) in [6.07, 6.45) is 45.3. The Morgan fingerprint density at radius 1 is 0.341 bits per heavy atom. The summed E-state index contributed by atoms with van der Waals surface area (Å²) in [6, 6.07) is 0. The summed E-state index contributed by atoms with van der Waals surface area (Å²) in [5, 5.41) is 10.5. The van der Waals surface area contributed by atoms with Crippen LogP contribution in [-0.4, -0.2) is 96.7 Å². The molecule has 3 N–H and O–H groups in total. The predicted octanol–water partition coefficient (Wildman–Crippen LogP) is 17.1. The number of ether oxygens (including phenoxy) is 4. The van der Waals surface area contributed by atoms with E-state index in [4.69, 9.17) is 37.0 Å². The Balaban J connectivity index is 5.24. The highest BCUT2D eigenvalue weighted by molar-refractivity contribution is 7.47. The summed E-state index contributed by atoms with van der Waals surface area (Å²) in [6.45, 7) is 4.77. The van der Waals surface area contributed by atoms with Gasteiger partial charge < -0.3 is 33.8 Å². The molecule has 0 aliphatic rings. The first kappa shape index (κ1) is 79.5.